The van der Waals surface area contributed by atoms with Crippen LogP contribution in [0.5, 0.6) is 0 Å². The van der Waals surface area contributed by atoms with E-state index in [1.165, 1.54) is 18.9 Å². The van der Waals surface area contributed by atoms with Crippen molar-refractivity contribution in [3.8, 4) is 0 Å². The SMILES string of the molecule is CCNC(=NCc1ccccc1F)NCCN(CC)C1CC1.I. The predicted octanol–water partition coefficient (Wildman–Crippen LogP) is 2.98. The first-order valence-corrected chi connectivity index (χ1v) is 8.24. The molecule has 1 fully saturated rings. The highest BCUT2D eigenvalue weighted by Crippen LogP contribution is 2.25. The predicted molar refractivity (Wildman–Crippen MR) is 105 cm³/mol. The largest absolute Gasteiger partial charge is 0.357 e. The molecule has 1 aliphatic carbocycles. The van der Waals surface area contributed by atoms with Gasteiger partial charge in [-0.1, -0.05) is 25.1 Å². The molecule has 0 bridgehead atoms. The Bertz CT molecular complexity index is 491. The average Bonchev–Trinajstić information content (AvgIpc) is 3.35. The zero-order valence-corrected chi connectivity index (χ0v) is 16.3. The third kappa shape index (κ3) is 7.03. The fourth-order valence-corrected chi connectivity index (χ4v) is 2.49. The smallest absolute Gasteiger partial charge is 0.191 e. The second kappa shape index (κ2) is 10.8. The van der Waals surface area contributed by atoms with Gasteiger partial charge in [-0.15, -0.1) is 24.0 Å². The van der Waals surface area contributed by atoms with Gasteiger partial charge in [-0.3, -0.25) is 4.90 Å². The van der Waals surface area contributed by atoms with Crippen LogP contribution in [-0.4, -0.2) is 43.1 Å². The van der Waals surface area contributed by atoms with Gasteiger partial charge in [0.05, 0.1) is 6.54 Å². The van der Waals surface area contributed by atoms with Crippen molar-refractivity contribution in [1.82, 2.24) is 15.5 Å². The second-order valence-electron chi connectivity index (χ2n) is 5.57. The molecule has 1 saturated carbocycles. The van der Waals surface area contributed by atoms with Gasteiger partial charge in [-0.05, 0) is 32.4 Å². The van der Waals surface area contributed by atoms with Crippen LogP contribution in [0, 0.1) is 5.82 Å². The molecule has 130 valence electrons. The Morgan fingerprint density at radius 3 is 2.61 bits per heavy atom. The Labute approximate surface area is 156 Å². The number of rotatable bonds is 8. The van der Waals surface area contributed by atoms with E-state index in [0.29, 0.717) is 12.1 Å². The molecule has 1 aromatic carbocycles. The molecule has 0 radical (unpaired) electrons. The third-order valence-corrected chi connectivity index (χ3v) is 3.87. The van der Waals surface area contributed by atoms with Crippen molar-refractivity contribution < 1.29 is 4.39 Å². The molecule has 6 heteroatoms. The average molecular weight is 434 g/mol. The Kier molecular flexibility index (Phi) is 9.47. The minimum atomic E-state index is -0.201. The third-order valence-electron chi connectivity index (χ3n) is 3.87. The molecule has 0 amide bonds. The molecule has 0 saturated heterocycles. The molecule has 0 aliphatic heterocycles. The molecule has 0 aromatic heterocycles. The van der Waals surface area contributed by atoms with Gasteiger partial charge in [-0.25, -0.2) is 9.38 Å². The number of nitrogens with zero attached hydrogens (tertiary/aromatic N) is 2. The molecular weight excluding hydrogens is 406 g/mol. The number of aliphatic imine (C=N–C) groups is 1. The number of halogens is 2. The van der Waals surface area contributed by atoms with Crippen LogP contribution in [0.25, 0.3) is 0 Å². The van der Waals surface area contributed by atoms with Crippen LogP contribution >= 0.6 is 24.0 Å². The van der Waals surface area contributed by atoms with Crippen molar-refractivity contribution in [1.29, 1.82) is 0 Å². The number of nitrogens with one attached hydrogen (secondary N) is 2. The quantitative estimate of drug-likeness (QED) is 0.376. The van der Waals surface area contributed by atoms with Crippen LogP contribution in [0.3, 0.4) is 0 Å². The standard InChI is InChI=1S/C17H27FN4.HI/c1-3-19-17(20-11-12-22(4-2)15-9-10-15)21-13-14-7-5-6-8-16(14)18;/h5-8,15H,3-4,9-13H2,1-2H3,(H2,19,20,21);1H. The van der Waals surface area contributed by atoms with Crippen LogP contribution in [0.2, 0.25) is 0 Å². The summed E-state index contributed by atoms with van der Waals surface area (Å²) in [5.41, 5.74) is 0.618. The normalized spacial score (nSPS) is 14.5. The lowest BCUT2D eigenvalue weighted by atomic mass is 10.2. The highest BCUT2D eigenvalue weighted by molar-refractivity contribution is 14.0. The maximum atomic E-state index is 13.6. The van der Waals surface area contributed by atoms with Crippen LogP contribution in [0.1, 0.15) is 32.3 Å². The lowest BCUT2D eigenvalue weighted by molar-refractivity contribution is 0.282. The summed E-state index contributed by atoms with van der Waals surface area (Å²) in [6, 6.07) is 7.56. The minimum absolute atomic E-state index is 0. The van der Waals surface area contributed by atoms with E-state index < -0.39 is 0 Å². The highest BCUT2D eigenvalue weighted by atomic mass is 127. The Balaban J connectivity index is 0.00000264. The maximum Gasteiger partial charge on any atom is 0.191 e. The zero-order valence-electron chi connectivity index (χ0n) is 14.0. The van der Waals surface area contributed by atoms with E-state index in [4.69, 9.17) is 0 Å². The topological polar surface area (TPSA) is 39.7 Å². The van der Waals surface area contributed by atoms with Crippen molar-refractivity contribution in [3.05, 3.63) is 35.6 Å². The van der Waals surface area contributed by atoms with Gasteiger partial charge in [0.25, 0.3) is 0 Å². The molecular formula is C17H28FIN4. The number of likely N-dealkylation sites (N-methyl/N-ethyl adjacent to an activating group) is 1. The van der Waals surface area contributed by atoms with Crippen LogP contribution in [0.15, 0.2) is 29.3 Å². The lowest BCUT2D eigenvalue weighted by Crippen LogP contribution is -2.42. The number of guanidine groups is 1. The summed E-state index contributed by atoms with van der Waals surface area (Å²) in [4.78, 5) is 6.96. The molecule has 0 heterocycles. The Morgan fingerprint density at radius 1 is 1.26 bits per heavy atom. The first-order valence-electron chi connectivity index (χ1n) is 8.24. The van der Waals surface area contributed by atoms with Crippen LogP contribution in [-0.2, 0) is 6.54 Å². The molecule has 2 N–H and O–H groups in total. The molecule has 1 aliphatic rings. The molecule has 0 unspecified atom stereocenters. The molecule has 4 nitrogen and oxygen atoms in total. The van der Waals surface area contributed by atoms with Crippen LogP contribution < -0.4 is 10.6 Å². The summed E-state index contributed by atoms with van der Waals surface area (Å²) in [6.07, 6.45) is 2.66. The molecule has 0 atom stereocenters. The number of hydrogen-bond acceptors (Lipinski definition) is 2. The van der Waals surface area contributed by atoms with Crippen molar-refractivity contribution in [3.63, 3.8) is 0 Å². The first-order chi connectivity index (χ1) is 10.7. The van der Waals surface area contributed by atoms with E-state index in [2.05, 4.69) is 27.4 Å². The van der Waals surface area contributed by atoms with Crippen molar-refractivity contribution in [2.45, 2.75) is 39.3 Å². The Morgan fingerprint density at radius 2 is 2.00 bits per heavy atom. The van der Waals surface area contributed by atoms with Crippen molar-refractivity contribution in [2.75, 3.05) is 26.2 Å². The molecule has 2 rings (SSSR count). The van der Waals surface area contributed by atoms with Gasteiger partial charge in [0.15, 0.2) is 5.96 Å². The van der Waals surface area contributed by atoms with E-state index in [-0.39, 0.29) is 29.8 Å². The van der Waals surface area contributed by atoms with Crippen LogP contribution in [0.4, 0.5) is 4.39 Å². The maximum absolute atomic E-state index is 13.6. The molecule has 23 heavy (non-hydrogen) atoms. The van der Waals surface area contributed by atoms with Crippen molar-refractivity contribution >= 4 is 29.9 Å². The Hall–Kier alpha value is -0.890. The summed E-state index contributed by atoms with van der Waals surface area (Å²) < 4.78 is 13.6. The first kappa shape index (κ1) is 20.2. The van der Waals surface area contributed by atoms with E-state index in [1.54, 1.807) is 12.1 Å². The van der Waals surface area contributed by atoms with E-state index in [1.807, 2.05) is 13.0 Å². The zero-order chi connectivity index (χ0) is 15.8. The van der Waals surface area contributed by atoms with Gasteiger partial charge in [0.2, 0.25) is 0 Å². The molecule has 0 spiro atoms. The van der Waals surface area contributed by atoms with Gasteiger partial charge >= 0.3 is 0 Å². The number of hydrogen-bond donors (Lipinski definition) is 2. The van der Waals surface area contributed by atoms with Gasteiger partial charge in [0.1, 0.15) is 5.82 Å². The fourth-order valence-electron chi connectivity index (χ4n) is 2.49. The molecule has 1 aromatic rings. The summed E-state index contributed by atoms with van der Waals surface area (Å²) >= 11 is 0. The van der Waals surface area contributed by atoms with Crippen molar-refractivity contribution in [2.24, 2.45) is 4.99 Å². The summed E-state index contributed by atoms with van der Waals surface area (Å²) in [5, 5.41) is 6.54. The lowest BCUT2D eigenvalue weighted by Gasteiger charge is -2.20. The van der Waals surface area contributed by atoms with Gasteiger partial charge in [0, 0.05) is 31.2 Å². The fraction of sp³-hybridized carbons (Fsp3) is 0.588. The highest BCUT2D eigenvalue weighted by Gasteiger charge is 2.27. The van der Waals surface area contributed by atoms with Gasteiger partial charge in [-0.2, -0.15) is 0 Å². The summed E-state index contributed by atoms with van der Waals surface area (Å²) in [5.74, 6) is 0.547. The van der Waals surface area contributed by atoms with E-state index in [9.17, 15) is 4.39 Å². The summed E-state index contributed by atoms with van der Waals surface area (Å²) in [7, 11) is 0. The van der Waals surface area contributed by atoms with E-state index in [0.717, 1.165) is 38.2 Å². The second-order valence-corrected chi connectivity index (χ2v) is 5.57. The number of benzene rings is 1. The van der Waals surface area contributed by atoms with E-state index >= 15 is 0 Å². The summed E-state index contributed by atoms with van der Waals surface area (Å²) in [6.45, 7) is 8.35. The monoisotopic (exact) mass is 434 g/mol. The minimum Gasteiger partial charge on any atom is -0.357 e. The van der Waals surface area contributed by atoms with Gasteiger partial charge < -0.3 is 10.6 Å².